The lowest BCUT2D eigenvalue weighted by Crippen LogP contribution is -2.26. The highest BCUT2D eigenvalue weighted by molar-refractivity contribution is 6.30. The van der Waals surface area contributed by atoms with Crippen molar-refractivity contribution >= 4 is 29.2 Å². The zero-order valence-corrected chi connectivity index (χ0v) is 15.3. The number of nitrogens with zero attached hydrogens (tertiary/aromatic N) is 1. The lowest BCUT2D eigenvalue weighted by molar-refractivity contribution is -0.149. The molecular weight excluding hydrogens is 352 g/mol. The van der Waals surface area contributed by atoms with Crippen molar-refractivity contribution in [1.82, 2.24) is 0 Å². The normalized spacial score (nSPS) is 11.5. The van der Waals surface area contributed by atoms with Gasteiger partial charge in [0, 0.05) is 10.7 Å². The molecule has 0 fully saturated rings. The standard InChI is InChI=1S/C20H19ClN2O3/c1-13(2)19(15-5-7-16(21)8-6-15)20(25)26-12-18(24)23-17-9-3-14(11-22)4-10-17/h3-10,13,19H,12H2,1-2H3,(H,23,24)/t19-/m0/s1. The lowest BCUT2D eigenvalue weighted by Gasteiger charge is -2.19. The van der Waals surface area contributed by atoms with Gasteiger partial charge >= 0.3 is 5.97 Å². The van der Waals surface area contributed by atoms with Gasteiger partial charge in [-0.3, -0.25) is 9.59 Å². The summed E-state index contributed by atoms with van der Waals surface area (Å²) in [5, 5.41) is 12.0. The highest BCUT2D eigenvalue weighted by Crippen LogP contribution is 2.27. The molecule has 5 nitrogen and oxygen atoms in total. The number of esters is 1. The Labute approximate surface area is 157 Å². The first-order chi connectivity index (χ1) is 12.4. The van der Waals surface area contributed by atoms with Gasteiger partial charge in [-0.05, 0) is 47.9 Å². The largest absolute Gasteiger partial charge is 0.455 e. The number of anilines is 1. The molecule has 1 amide bonds. The highest BCUT2D eigenvalue weighted by atomic mass is 35.5. The third-order valence-corrected chi connectivity index (χ3v) is 4.04. The first-order valence-corrected chi connectivity index (χ1v) is 8.50. The monoisotopic (exact) mass is 370 g/mol. The summed E-state index contributed by atoms with van der Waals surface area (Å²) >= 11 is 5.89. The summed E-state index contributed by atoms with van der Waals surface area (Å²) in [6, 6.07) is 15.4. The molecule has 6 heteroatoms. The molecule has 1 N–H and O–H groups in total. The number of rotatable bonds is 6. The van der Waals surface area contributed by atoms with E-state index in [0.29, 0.717) is 16.3 Å². The number of ether oxygens (including phenoxy) is 1. The van der Waals surface area contributed by atoms with Crippen molar-refractivity contribution in [1.29, 1.82) is 5.26 Å². The zero-order chi connectivity index (χ0) is 19.1. The first kappa shape index (κ1) is 19.5. The van der Waals surface area contributed by atoms with Gasteiger partial charge < -0.3 is 10.1 Å². The third kappa shape index (κ3) is 5.33. The molecule has 0 bridgehead atoms. The molecular formula is C20H19ClN2O3. The second kappa shape index (κ2) is 9.02. The van der Waals surface area contributed by atoms with Crippen LogP contribution in [0.5, 0.6) is 0 Å². The van der Waals surface area contributed by atoms with Crippen molar-refractivity contribution < 1.29 is 14.3 Å². The van der Waals surface area contributed by atoms with E-state index < -0.39 is 17.8 Å². The van der Waals surface area contributed by atoms with Crippen LogP contribution in [0.25, 0.3) is 0 Å². The van der Waals surface area contributed by atoms with Crippen LogP contribution >= 0.6 is 11.6 Å². The Hall–Kier alpha value is -2.84. The van der Waals surface area contributed by atoms with Gasteiger partial charge in [0.1, 0.15) is 0 Å². The molecule has 0 aliphatic heterocycles. The summed E-state index contributed by atoms with van der Waals surface area (Å²) in [5.41, 5.74) is 1.82. The topological polar surface area (TPSA) is 79.2 Å². The van der Waals surface area contributed by atoms with Gasteiger partial charge in [-0.15, -0.1) is 0 Å². The first-order valence-electron chi connectivity index (χ1n) is 8.13. The van der Waals surface area contributed by atoms with Crippen LogP contribution in [-0.4, -0.2) is 18.5 Å². The predicted octanol–water partition coefficient (Wildman–Crippen LogP) is 4.13. The maximum absolute atomic E-state index is 12.4. The van der Waals surface area contributed by atoms with Crippen molar-refractivity contribution in [2.75, 3.05) is 11.9 Å². The Morgan fingerprint density at radius 2 is 1.73 bits per heavy atom. The van der Waals surface area contributed by atoms with Gasteiger partial charge in [0.15, 0.2) is 6.61 Å². The average molecular weight is 371 g/mol. The summed E-state index contributed by atoms with van der Waals surface area (Å²) in [7, 11) is 0. The fraction of sp³-hybridized carbons (Fsp3) is 0.250. The zero-order valence-electron chi connectivity index (χ0n) is 14.5. The second-order valence-corrected chi connectivity index (χ2v) is 6.55. The van der Waals surface area contributed by atoms with Crippen molar-refractivity contribution in [3.05, 3.63) is 64.7 Å². The highest BCUT2D eigenvalue weighted by Gasteiger charge is 2.26. The fourth-order valence-electron chi connectivity index (χ4n) is 2.51. The minimum atomic E-state index is -0.477. The Morgan fingerprint density at radius 1 is 1.12 bits per heavy atom. The Balaban J connectivity index is 1.95. The van der Waals surface area contributed by atoms with Crippen LogP contribution in [0.1, 0.15) is 30.9 Å². The van der Waals surface area contributed by atoms with E-state index in [9.17, 15) is 9.59 Å². The van der Waals surface area contributed by atoms with E-state index >= 15 is 0 Å². The van der Waals surface area contributed by atoms with Crippen LogP contribution in [0.2, 0.25) is 5.02 Å². The molecule has 0 saturated carbocycles. The average Bonchev–Trinajstić information content (AvgIpc) is 2.62. The Kier molecular flexibility index (Phi) is 6.76. The number of amides is 1. The summed E-state index contributed by atoms with van der Waals surface area (Å²) < 4.78 is 5.19. The van der Waals surface area contributed by atoms with Crippen LogP contribution < -0.4 is 5.32 Å². The van der Waals surface area contributed by atoms with Gasteiger partial charge in [-0.2, -0.15) is 5.26 Å². The molecule has 0 unspecified atom stereocenters. The molecule has 2 aromatic carbocycles. The van der Waals surface area contributed by atoms with E-state index in [0.717, 1.165) is 5.56 Å². The summed E-state index contributed by atoms with van der Waals surface area (Å²) in [5.74, 6) is -1.38. The number of nitrogens with one attached hydrogen (secondary N) is 1. The minimum absolute atomic E-state index is 0.00487. The molecule has 1 atom stereocenters. The number of hydrogen-bond donors (Lipinski definition) is 1. The fourth-order valence-corrected chi connectivity index (χ4v) is 2.64. The number of carbonyl (C=O) groups is 2. The minimum Gasteiger partial charge on any atom is -0.455 e. The smallest absolute Gasteiger partial charge is 0.314 e. The molecule has 0 aliphatic rings. The van der Waals surface area contributed by atoms with Gasteiger partial charge in [-0.25, -0.2) is 0 Å². The van der Waals surface area contributed by atoms with Gasteiger partial charge in [0.05, 0.1) is 17.6 Å². The third-order valence-electron chi connectivity index (χ3n) is 3.79. The van der Waals surface area contributed by atoms with E-state index in [2.05, 4.69) is 5.32 Å². The molecule has 0 saturated heterocycles. The van der Waals surface area contributed by atoms with Crippen molar-refractivity contribution in [3.8, 4) is 6.07 Å². The maximum Gasteiger partial charge on any atom is 0.314 e. The van der Waals surface area contributed by atoms with Crippen molar-refractivity contribution in [2.45, 2.75) is 19.8 Å². The summed E-state index contributed by atoms with van der Waals surface area (Å²) in [6.45, 7) is 3.45. The second-order valence-electron chi connectivity index (χ2n) is 6.12. The van der Waals surface area contributed by atoms with E-state index in [1.165, 1.54) is 0 Å². The van der Waals surface area contributed by atoms with Gasteiger partial charge in [0.25, 0.3) is 5.91 Å². The molecule has 0 aliphatic carbocycles. The number of hydrogen-bond acceptors (Lipinski definition) is 4. The van der Waals surface area contributed by atoms with Gasteiger partial charge in [-0.1, -0.05) is 37.6 Å². The van der Waals surface area contributed by atoms with Crippen LogP contribution in [0, 0.1) is 17.2 Å². The Morgan fingerprint density at radius 3 is 2.27 bits per heavy atom. The number of carbonyl (C=O) groups excluding carboxylic acids is 2. The van der Waals surface area contributed by atoms with E-state index in [1.807, 2.05) is 19.9 Å². The molecule has 0 heterocycles. The summed E-state index contributed by atoms with van der Waals surface area (Å²) in [6.07, 6.45) is 0. The lowest BCUT2D eigenvalue weighted by atomic mass is 9.88. The number of benzene rings is 2. The molecule has 2 aromatic rings. The van der Waals surface area contributed by atoms with E-state index in [4.69, 9.17) is 21.6 Å². The molecule has 0 aromatic heterocycles. The van der Waals surface area contributed by atoms with Crippen LogP contribution in [-0.2, 0) is 14.3 Å². The van der Waals surface area contributed by atoms with E-state index in [-0.39, 0.29) is 12.5 Å². The van der Waals surface area contributed by atoms with Crippen LogP contribution in [0.4, 0.5) is 5.69 Å². The van der Waals surface area contributed by atoms with E-state index in [1.54, 1.807) is 48.5 Å². The number of nitriles is 1. The predicted molar refractivity (Wildman–Crippen MR) is 99.8 cm³/mol. The molecule has 26 heavy (non-hydrogen) atoms. The molecule has 2 rings (SSSR count). The maximum atomic E-state index is 12.4. The molecule has 0 spiro atoms. The summed E-state index contributed by atoms with van der Waals surface area (Å²) in [4.78, 5) is 24.4. The van der Waals surface area contributed by atoms with Gasteiger partial charge in [0.2, 0.25) is 0 Å². The molecule has 134 valence electrons. The SMILES string of the molecule is CC(C)[C@H](C(=O)OCC(=O)Nc1ccc(C#N)cc1)c1ccc(Cl)cc1. The van der Waals surface area contributed by atoms with Crippen LogP contribution in [0.3, 0.4) is 0 Å². The van der Waals surface area contributed by atoms with Crippen molar-refractivity contribution in [3.63, 3.8) is 0 Å². The Bertz CT molecular complexity index is 808. The van der Waals surface area contributed by atoms with Crippen molar-refractivity contribution in [2.24, 2.45) is 5.92 Å². The molecule has 0 radical (unpaired) electrons. The van der Waals surface area contributed by atoms with Crippen LogP contribution in [0.15, 0.2) is 48.5 Å². The quantitative estimate of drug-likeness (QED) is 0.775. The number of halogens is 1.